The lowest BCUT2D eigenvalue weighted by Crippen LogP contribution is -2.26. The molecule has 0 radical (unpaired) electrons. The van der Waals surface area contributed by atoms with Crippen molar-refractivity contribution in [3.63, 3.8) is 0 Å². The highest BCUT2D eigenvalue weighted by molar-refractivity contribution is 8.00. The van der Waals surface area contributed by atoms with Crippen molar-refractivity contribution in [3.8, 4) is 5.75 Å². The van der Waals surface area contributed by atoms with Crippen molar-refractivity contribution in [1.82, 2.24) is 20.1 Å². The molecule has 0 saturated heterocycles. The van der Waals surface area contributed by atoms with E-state index in [4.69, 9.17) is 9.47 Å². The third kappa shape index (κ3) is 6.36. The van der Waals surface area contributed by atoms with E-state index < -0.39 is 11.2 Å². The fourth-order valence-corrected chi connectivity index (χ4v) is 6.22. The van der Waals surface area contributed by atoms with Crippen molar-refractivity contribution in [3.05, 3.63) is 51.7 Å². The number of nitrogens with one attached hydrogen (secondary N) is 2. The molecule has 1 aromatic carbocycles. The van der Waals surface area contributed by atoms with E-state index in [-0.39, 0.29) is 31.4 Å². The van der Waals surface area contributed by atoms with Gasteiger partial charge in [0.05, 0.1) is 37.5 Å². The van der Waals surface area contributed by atoms with Gasteiger partial charge in [-0.05, 0) is 56.4 Å². The van der Waals surface area contributed by atoms with Crippen LogP contribution in [0.3, 0.4) is 0 Å². The van der Waals surface area contributed by atoms with E-state index in [1.165, 1.54) is 23.1 Å². The summed E-state index contributed by atoms with van der Waals surface area (Å²) in [5.41, 5.74) is 2.36. The topological polar surface area (TPSA) is 124 Å². The second-order valence-electron chi connectivity index (χ2n) is 8.79. The lowest BCUT2D eigenvalue weighted by Gasteiger charge is -2.12. The van der Waals surface area contributed by atoms with Gasteiger partial charge in [-0.3, -0.25) is 9.59 Å². The van der Waals surface area contributed by atoms with Crippen molar-refractivity contribution in [2.45, 2.75) is 56.5 Å². The van der Waals surface area contributed by atoms with E-state index in [1.54, 1.807) is 32.6 Å². The molecule has 10 nitrogen and oxygen atoms in total. The number of ether oxygens (including phenoxy) is 2. The second kappa shape index (κ2) is 12.4. The third-order valence-corrected chi connectivity index (χ3v) is 8.52. The van der Waals surface area contributed by atoms with Gasteiger partial charge in [0, 0.05) is 11.9 Å². The minimum absolute atomic E-state index is 0.139. The number of fused-ring (bicyclic) bond motifs is 1. The molecule has 3 aromatic rings. The summed E-state index contributed by atoms with van der Waals surface area (Å²) in [7, 11) is 3.39. The third-order valence-electron chi connectivity index (χ3n) is 6.18. The molecule has 12 heteroatoms. The molecule has 0 saturated carbocycles. The van der Waals surface area contributed by atoms with Crippen molar-refractivity contribution >= 4 is 45.9 Å². The van der Waals surface area contributed by atoms with Crippen LogP contribution in [0.15, 0.2) is 29.4 Å². The highest BCUT2D eigenvalue weighted by Crippen LogP contribution is 2.40. The highest BCUT2D eigenvalue weighted by Gasteiger charge is 2.29. The number of nitrogens with zero attached hydrogens (tertiary/aromatic N) is 3. The summed E-state index contributed by atoms with van der Waals surface area (Å²) in [6.07, 6.45) is 2.97. The summed E-state index contributed by atoms with van der Waals surface area (Å²) < 4.78 is 12.1. The molecule has 2 heterocycles. The maximum atomic E-state index is 13.0. The Morgan fingerprint density at radius 3 is 2.66 bits per heavy atom. The Morgan fingerprint density at radius 2 is 1.95 bits per heavy atom. The molecule has 1 atom stereocenters. The number of methoxy groups -OCH3 is 1. The first kappa shape index (κ1) is 27.6. The lowest BCUT2D eigenvalue weighted by atomic mass is 10.1. The molecule has 2 aromatic heterocycles. The number of carbonyl (C=O) groups is 3. The molecule has 0 fully saturated rings. The van der Waals surface area contributed by atoms with Gasteiger partial charge in [0.25, 0.3) is 0 Å². The van der Waals surface area contributed by atoms with E-state index in [9.17, 15) is 14.4 Å². The van der Waals surface area contributed by atoms with E-state index in [0.717, 1.165) is 41.0 Å². The van der Waals surface area contributed by atoms with Gasteiger partial charge in [0.15, 0.2) is 11.0 Å². The Morgan fingerprint density at radius 1 is 1.18 bits per heavy atom. The quantitative estimate of drug-likeness (QED) is 0.271. The molecule has 38 heavy (non-hydrogen) atoms. The SMILES string of the molecule is CCOC(=O)c1c(NC(=O)[C@H](C)Sc2nnc(CNC(=O)Cc3ccc(OC)cc3)n2C)sc2c1CCC2. The summed E-state index contributed by atoms with van der Waals surface area (Å²) in [4.78, 5) is 39.1. The maximum Gasteiger partial charge on any atom is 0.341 e. The molecular weight excluding hydrogens is 526 g/mol. The summed E-state index contributed by atoms with van der Waals surface area (Å²) in [6.45, 7) is 4.03. The smallest absolute Gasteiger partial charge is 0.341 e. The lowest BCUT2D eigenvalue weighted by molar-refractivity contribution is -0.120. The number of aryl methyl sites for hydroxylation is 1. The summed E-state index contributed by atoms with van der Waals surface area (Å²) in [5, 5.41) is 14.8. The number of thioether (sulfide) groups is 1. The Bertz CT molecular complexity index is 1320. The first-order chi connectivity index (χ1) is 18.3. The van der Waals surface area contributed by atoms with Crippen LogP contribution in [0, 0.1) is 0 Å². The Hall–Kier alpha value is -3.38. The number of esters is 1. The standard InChI is InChI=1S/C26H31N5O5S2/c1-5-36-25(34)22-18-7-6-8-19(18)38-24(22)28-23(33)15(2)37-26-30-29-20(31(26)3)14-27-21(32)13-16-9-11-17(35-4)12-10-16/h9-12,15H,5-8,13-14H2,1-4H3,(H,27,32)(H,28,33)/t15-/m0/s1. The van der Waals surface area contributed by atoms with Crippen molar-refractivity contribution in [2.75, 3.05) is 19.0 Å². The average molecular weight is 558 g/mol. The van der Waals surface area contributed by atoms with Gasteiger partial charge in [0.1, 0.15) is 10.8 Å². The van der Waals surface area contributed by atoms with Gasteiger partial charge in [0.2, 0.25) is 11.8 Å². The fourth-order valence-electron chi connectivity index (χ4n) is 4.11. The van der Waals surface area contributed by atoms with Crippen molar-refractivity contribution in [2.24, 2.45) is 7.05 Å². The normalized spacial score (nSPS) is 13.1. The monoisotopic (exact) mass is 557 g/mol. The summed E-state index contributed by atoms with van der Waals surface area (Å²) >= 11 is 2.71. The summed E-state index contributed by atoms with van der Waals surface area (Å²) in [5.74, 6) is 0.537. The van der Waals surface area contributed by atoms with Crippen molar-refractivity contribution in [1.29, 1.82) is 0 Å². The van der Waals surface area contributed by atoms with Crippen LogP contribution < -0.4 is 15.4 Å². The predicted octanol–water partition coefficient (Wildman–Crippen LogP) is 3.53. The fraction of sp³-hybridized carbons (Fsp3) is 0.423. The minimum atomic E-state index is -0.498. The maximum absolute atomic E-state index is 13.0. The van der Waals surface area contributed by atoms with E-state index in [2.05, 4.69) is 20.8 Å². The van der Waals surface area contributed by atoms with Gasteiger partial charge in [-0.15, -0.1) is 21.5 Å². The van der Waals surface area contributed by atoms with Crippen LogP contribution in [0.2, 0.25) is 0 Å². The van der Waals surface area contributed by atoms with Crippen LogP contribution in [0.5, 0.6) is 5.75 Å². The zero-order valence-electron chi connectivity index (χ0n) is 21.8. The number of rotatable bonds is 11. The number of hydrogen-bond acceptors (Lipinski definition) is 9. The average Bonchev–Trinajstić information content (AvgIpc) is 3.58. The molecule has 0 bridgehead atoms. The molecule has 2 amide bonds. The van der Waals surface area contributed by atoms with E-state index in [1.807, 2.05) is 24.3 Å². The number of amides is 2. The first-order valence-corrected chi connectivity index (χ1v) is 14.1. The van der Waals surface area contributed by atoms with Gasteiger partial charge in [-0.1, -0.05) is 23.9 Å². The van der Waals surface area contributed by atoms with Crippen LogP contribution in [0.25, 0.3) is 0 Å². The number of anilines is 1. The van der Waals surface area contributed by atoms with Gasteiger partial charge >= 0.3 is 5.97 Å². The Kier molecular flexibility index (Phi) is 9.05. The molecule has 202 valence electrons. The molecule has 0 spiro atoms. The molecule has 0 aliphatic heterocycles. The second-order valence-corrected chi connectivity index (χ2v) is 11.2. The van der Waals surface area contributed by atoms with Crippen LogP contribution >= 0.6 is 23.1 Å². The Labute approximate surface area is 229 Å². The Balaban J connectivity index is 1.33. The van der Waals surface area contributed by atoms with E-state index in [0.29, 0.717) is 21.5 Å². The van der Waals surface area contributed by atoms with Crippen LogP contribution in [-0.4, -0.2) is 51.5 Å². The van der Waals surface area contributed by atoms with E-state index >= 15 is 0 Å². The molecule has 2 N–H and O–H groups in total. The van der Waals surface area contributed by atoms with Crippen molar-refractivity contribution < 1.29 is 23.9 Å². The minimum Gasteiger partial charge on any atom is -0.497 e. The summed E-state index contributed by atoms with van der Waals surface area (Å²) in [6, 6.07) is 7.33. The largest absolute Gasteiger partial charge is 0.497 e. The van der Waals surface area contributed by atoms with Crippen LogP contribution in [-0.2, 0) is 47.2 Å². The van der Waals surface area contributed by atoms with Gasteiger partial charge in [-0.2, -0.15) is 0 Å². The number of hydrogen-bond donors (Lipinski definition) is 2. The molecule has 4 rings (SSSR count). The van der Waals surface area contributed by atoms with Crippen LogP contribution in [0.1, 0.15) is 52.5 Å². The zero-order valence-corrected chi connectivity index (χ0v) is 23.5. The highest BCUT2D eigenvalue weighted by atomic mass is 32.2. The zero-order chi connectivity index (χ0) is 27.2. The predicted molar refractivity (Wildman–Crippen MR) is 146 cm³/mol. The van der Waals surface area contributed by atoms with Crippen LogP contribution in [0.4, 0.5) is 5.00 Å². The number of benzene rings is 1. The van der Waals surface area contributed by atoms with Gasteiger partial charge < -0.3 is 24.7 Å². The molecular formula is C26H31N5O5S2. The number of carbonyl (C=O) groups excluding carboxylic acids is 3. The first-order valence-electron chi connectivity index (χ1n) is 12.4. The number of thiophene rings is 1. The van der Waals surface area contributed by atoms with Gasteiger partial charge in [-0.25, -0.2) is 4.79 Å². The number of aromatic nitrogens is 3. The molecule has 0 unspecified atom stereocenters. The molecule has 1 aliphatic rings. The molecule has 1 aliphatic carbocycles.